The van der Waals surface area contributed by atoms with Gasteiger partial charge in [-0.25, -0.2) is 4.98 Å². The SMILES string of the molecule is CC(=O)CCC/C(C)=C/n1cncc1C(C)=O. The first kappa shape index (κ1) is 13.4. The maximum absolute atomic E-state index is 11.3. The second-order valence-electron chi connectivity index (χ2n) is 4.27. The number of carbonyl (C=O) groups is 2. The van der Waals surface area contributed by atoms with Crippen molar-refractivity contribution in [2.75, 3.05) is 0 Å². The van der Waals surface area contributed by atoms with Gasteiger partial charge in [0.25, 0.3) is 0 Å². The van der Waals surface area contributed by atoms with Crippen LogP contribution in [0.25, 0.3) is 6.20 Å². The molecule has 0 saturated carbocycles. The zero-order valence-electron chi connectivity index (χ0n) is 10.6. The summed E-state index contributed by atoms with van der Waals surface area (Å²) in [6, 6.07) is 0. The van der Waals surface area contributed by atoms with Crippen LogP contribution >= 0.6 is 0 Å². The topological polar surface area (TPSA) is 52.0 Å². The number of Topliss-reactive ketones (excluding diaryl/α,β-unsaturated/α-hetero) is 2. The van der Waals surface area contributed by atoms with Gasteiger partial charge in [-0.2, -0.15) is 0 Å². The number of hydrogen-bond acceptors (Lipinski definition) is 3. The van der Waals surface area contributed by atoms with Crippen LogP contribution in [0, 0.1) is 0 Å². The van der Waals surface area contributed by atoms with Crippen molar-refractivity contribution in [3.05, 3.63) is 23.8 Å². The van der Waals surface area contributed by atoms with Gasteiger partial charge in [-0.15, -0.1) is 0 Å². The lowest BCUT2D eigenvalue weighted by atomic mass is 10.1. The Morgan fingerprint density at radius 1 is 1.29 bits per heavy atom. The molecule has 0 spiro atoms. The van der Waals surface area contributed by atoms with Gasteiger partial charge in [0.1, 0.15) is 11.5 Å². The van der Waals surface area contributed by atoms with Gasteiger partial charge < -0.3 is 9.36 Å². The third kappa shape index (κ3) is 4.34. The molecule has 0 saturated heterocycles. The third-order valence-corrected chi connectivity index (χ3v) is 2.49. The molecule has 0 amide bonds. The number of carbonyl (C=O) groups excluding carboxylic acids is 2. The zero-order valence-corrected chi connectivity index (χ0v) is 10.6. The standard InChI is InChI=1S/C13H18N2O2/c1-10(5-4-6-11(2)16)8-15-9-14-7-13(15)12(3)17/h7-9H,4-6H2,1-3H3/b10-8+. The fourth-order valence-electron chi connectivity index (χ4n) is 1.60. The molecule has 4 heteroatoms. The van der Waals surface area contributed by atoms with Crippen LogP contribution < -0.4 is 0 Å². The second-order valence-corrected chi connectivity index (χ2v) is 4.27. The quantitative estimate of drug-likeness (QED) is 0.711. The summed E-state index contributed by atoms with van der Waals surface area (Å²) >= 11 is 0. The van der Waals surface area contributed by atoms with E-state index in [4.69, 9.17) is 0 Å². The number of aromatic nitrogens is 2. The van der Waals surface area contributed by atoms with Crippen LogP contribution in [0.4, 0.5) is 0 Å². The lowest BCUT2D eigenvalue weighted by Gasteiger charge is -2.03. The molecule has 92 valence electrons. The smallest absolute Gasteiger partial charge is 0.178 e. The minimum absolute atomic E-state index is 0.00436. The predicted octanol–water partition coefficient (Wildman–Crippen LogP) is 2.71. The third-order valence-electron chi connectivity index (χ3n) is 2.49. The first-order valence-corrected chi connectivity index (χ1v) is 5.70. The van der Waals surface area contributed by atoms with Gasteiger partial charge in [-0.1, -0.05) is 5.57 Å². The Kier molecular flexibility index (Phi) is 4.82. The van der Waals surface area contributed by atoms with E-state index < -0.39 is 0 Å². The highest BCUT2D eigenvalue weighted by Crippen LogP contribution is 2.10. The molecule has 0 aliphatic carbocycles. The molecule has 0 fully saturated rings. The molecule has 1 aromatic rings. The summed E-state index contributed by atoms with van der Waals surface area (Å²) in [5.74, 6) is 0.208. The Hall–Kier alpha value is -1.71. The lowest BCUT2D eigenvalue weighted by molar-refractivity contribution is -0.117. The number of allylic oxidation sites excluding steroid dienone is 1. The number of rotatable bonds is 6. The fraction of sp³-hybridized carbons (Fsp3) is 0.462. The molecule has 1 rings (SSSR count). The van der Waals surface area contributed by atoms with E-state index in [1.807, 2.05) is 13.1 Å². The van der Waals surface area contributed by atoms with Crippen LogP contribution in [0.3, 0.4) is 0 Å². The molecule has 0 aromatic carbocycles. The molecule has 0 unspecified atom stereocenters. The summed E-state index contributed by atoms with van der Waals surface area (Å²) in [6.07, 6.45) is 7.38. The monoisotopic (exact) mass is 234 g/mol. The van der Waals surface area contributed by atoms with E-state index in [0.717, 1.165) is 18.4 Å². The summed E-state index contributed by atoms with van der Waals surface area (Å²) in [7, 11) is 0. The molecule has 0 atom stereocenters. The Morgan fingerprint density at radius 3 is 2.59 bits per heavy atom. The van der Waals surface area contributed by atoms with Crippen LogP contribution in [-0.4, -0.2) is 21.1 Å². The Labute approximate surface area is 101 Å². The highest BCUT2D eigenvalue weighted by molar-refractivity contribution is 5.92. The molecule has 0 radical (unpaired) electrons. The Bertz CT molecular complexity index is 444. The van der Waals surface area contributed by atoms with E-state index in [1.54, 1.807) is 24.0 Å². The van der Waals surface area contributed by atoms with E-state index >= 15 is 0 Å². The van der Waals surface area contributed by atoms with Crippen molar-refractivity contribution in [3.8, 4) is 0 Å². The Balaban J connectivity index is 2.64. The minimum Gasteiger partial charge on any atom is -0.303 e. The number of ketones is 2. The number of imidazole rings is 1. The zero-order chi connectivity index (χ0) is 12.8. The highest BCUT2D eigenvalue weighted by Gasteiger charge is 2.04. The lowest BCUT2D eigenvalue weighted by Crippen LogP contribution is -2.00. The highest BCUT2D eigenvalue weighted by atomic mass is 16.1. The van der Waals surface area contributed by atoms with Crippen molar-refractivity contribution >= 4 is 17.8 Å². The molecule has 0 aliphatic heterocycles. The summed E-state index contributed by atoms with van der Waals surface area (Å²) in [6.45, 7) is 5.11. The predicted molar refractivity (Wildman–Crippen MR) is 66.7 cm³/mol. The first-order chi connectivity index (χ1) is 8.00. The van der Waals surface area contributed by atoms with E-state index in [2.05, 4.69) is 4.98 Å². The second kappa shape index (κ2) is 6.13. The number of nitrogens with zero attached hydrogens (tertiary/aromatic N) is 2. The molecule has 0 bridgehead atoms. The average Bonchev–Trinajstić information content (AvgIpc) is 2.65. The Morgan fingerprint density at radius 2 is 2.00 bits per heavy atom. The summed E-state index contributed by atoms with van der Waals surface area (Å²) in [4.78, 5) is 26.0. The normalized spacial score (nSPS) is 11.6. The van der Waals surface area contributed by atoms with Gasteiger partial charge in [0.2, 0.25) is 0 Å². The summed E-state index contributed by atoms with van der Waals surface area (Å²) < 4.78 is 1.73. The van der Waals surface area contributed by atoms with E-state index in [9.17, 15) is 9.59 Å². The van der Waals surface area contributed by atoms with E-state index in [0.29, 0.717) is 12.1 Å². The van der Waals surface area contributed by atoms with Crippen molar-refractivity contribution in [1.29, 1.82) is 0 Å². The van der Waals surface area contributed by atoms with E-state index in [-0.39, 0.29) is 11.6 Å². The molecular weight excluding hydrogens is 216 g/mol. The van der Waals surface area contributed by atoms with Crippen molar-refractivity contribution in [2.24, 2.45) is 0 Å². The van der Waals surface area contributed by atoms with Gasteiger partial charge >= 0.3 is 0 Å². The molecule has 0 aliphatic rings. The summed E-state index contributed by atoms with van der Waals surface area (Å²) in [5, 5.41) is 0. The largest absolute Gasteiger partial charge is 0.303 e. The molecule has 1 heterocycles. The van der Waals surface area contributed by atoms with Crippen molar-refractivity contribution in [1.82, 2.24) is 9.55 Å². The molecule has 17 heavy (non-hydrogen) atoms. The van der Waals surface area contributed by atoms with Crippen molar-refractivity contribution in [3.63, 3.8) is 0 Å². The molecular formula is C13H18N2O2. The first-order valence-electron chi connectivity index (χ1n) is 5.70. The van der Waals surface area contributed by atoms with Gasteiger partial charge in [0, 0.05) is 19.5 Å². The van der Waals surface area contributed by atoms with Crippen molar-refractivity contribution in [2.45, 2.75) is 40.0 Å². The van der Waals surface area contributed by atoms with Crippen LogP contribution in [0.5, 0.6) is 0 Å². The fourth-order valence-corrected chi connectivity index (χ4v) is 1.60. The maximum Gasteiger partial charge on any atom is 0.178 e. The van der Waals surface area contributed by atoms with Crippen LogP contribution in [0.1, 0.15) is 50.5 Å². The van der Waals surface area contributed by atoms with Crippen LogP contribution in [-0.2, 0) is 4.79 Å². The number of hydrogen-bond donors (Lipinski definition) is 0. The van der Waals surface area contributed by atoms with Gasteiger partial charge in [0.15, 0.2) is 5.78 Å². The van der Waals surface area contributed by atoms with Gasteiger partial charge in [0.05, 0.1) is 12.5 Å². The van der Waals surface area contributed by atoms with Gasteiger partial charge in [-0.05, 0) is 26.7 Å². The molecule has 1 aromatic heterocycles. The molecule has 4 nitrogen and oxygen atoms in total. The van der Waals surface area contributed by atoms with Gasteiger partial charge in [-0.3, -0.25) is 4.79 Å². The van der Waals surface area contributed by atoms with E-state index in [1.165, 1.54) is 6.92 Å². The van der Waals surface area contributed by atoms with Crippen LogP contribution in [0.15, 0.2) is 18.1 Å². The minimum atomic E-state index is -0.00436. The average molecular weight is 234 g/mol. The van der Waals surface area contributed by atoms with Crippen molar-refractivity contribution < 1.29 is 9.59 Å². The summed E-state index contributed by atoms with van der Waals surface area (Å²) in [5.41, 5.74) is 1.71. The maximum atomic E-state index is 11.3. The van der Waals surface area contributed by atoms with Crippen LogP contribution in [0.2, 0.25) is 0 Å². The molecule has 0 N–H and O–H groups in total.